The first-order chi connectivity index (χ1) is 15.4. The van der Waals surface area contributed by atoms with Gasteiger partial charge in [-0.05, 0) is 44.0 Å². The van der Waals surface area contributed by atoms with Crippen molar-refractivity contribution in [2.75, 3.05) is 36.4 Å². The van der Waals surface area contributed by atoms with Crippen LogP contribution in [0.25, 0.3) is 0 Å². The second-order valence-electron chi connectivity index (χ2n) is 7.88. The van der Waals surface area contributed by atoms with Gasteiger partial charge in [-0.3, -0.25) is 14.6 Å². The van der Waals surface area contributed by atoms with Crippen LogP contribution in [0.15, 0.2) is 48.8 Å². The topological polar surface area (TPSA) is 91.3 Å². The molecule has 0 saturated carbocycles. The van der Waals surface area contributed by atoms with Crippen molar-refractivity contribution in [2.45, 2.75) is 20.8 Å². The van der Waals surface area contributed by atoms with Crippen molar-refractivity contribution >= 4 is 23.5 Å². The molecule has 1 aromatic carbocycles. The Labute approximate surface area is 187 Å². The molecule has 0 atom stereocenters. The molecule has 164 valence electrons. The molecule has 0 bridgehead atoms. The van der Waals surface area contributed by atoms with Crippen LogP contribution in [0, 0.1) is 20.8 Å². The number of rotatable bonds is 4. The molecular weight excluding hydrogens is 404 g/mol. The average Bonchev–Trinajstić information content (AvgIpc) is 2.80. The first-order valence-corrected chi connectivity index (χ1v) is 10.6. The van der Waals surface area contributed by atoms with Crippen LogP contribution in [0.4, 0.5) is 11.6 Å². The molecule has 3 heterocycles. The lowest BCUT2D eigenvalue weighted by Gasteiger charge is -2.35. The van der Waals surface area contributed by atoms with Gasteiger partial charge >= 0.3 is 0 Å². The van der Waals surface area contributed by atoms with Gasteiger partial charge < -0.3 is 15.1 Å². The largest absolute Gasteiger partial charge is 0.352 e. The lowest BCUT2D eigenvalue weighted by molar-refractivity contribution is 0.0745. The maximum Gasteiger partial charge on any atom is 0.277 e. The van der Waals surface area contributed by atoms with E-state index in [1.54, 1.807) is 37.5 Å². The number of hydrogen-bond donors (Lipinski definition) is 1. The molecule has 2 aromatic heterocycles. The number of nitrogens with zero attached hydrogens (tertiary/aromatic N) is 5. The highest BCUT2D eigenvalue weighted by atomic mass is 16.2. The van der Waals surface area contributed by atoms with Crippen LogP contribution in [0.5, 0.6) is 0 Å². The van der Waals surface area contributed by atoms with Gasteiger partial charge in [0.1, 0.15) is 11.6 Å². The third-order valence-corrected chi connectivity index (χ3v) is 5.65. The van der Waals surface area contributed by atoms with E-state index in [9.17, 15) is 9.59 Å². The van der Waals surface area contributed by atoms with Crippen LogP contribution in [0.2, 0.25) is 0 Å². The maximum atomic E-state index is 13.1. The predicted molar refractivity (Wildman–Crippen MR) is 123 cm³/mol. The molecule has 1 fully saturated rings. The second kappa shape index (κ2) is 9.13. The van der Waals surface area contributed by atoms with E-state index in [0.717, 1.165) is 16.7 Å². The lowest BCUT2D eigenvalue weighted by Crippen LogP contribution is -2.49. The number of hydrogen-bond acceptors (Lipinski definition) is 6. The fraction of sp³-hybridized carbons (Fsp3) is 0.292. The number of aryl methyl sites for hydroxylation is 3. The summed E-state index contributed by atoms with van der Waals surface area (Å²) in [5, 5.41) is 2.76. The number of aromatic nitrogens is 3. The minimum Gasteiger partial charge on any atom is -0.352 e. The Morgan fingerprint density at radius 2 is 1.62 bits per heavy atom. The summed E-state index contributed by atoms with van der Waals surface area (Å²) >= 11 is 0. The molecule has 8 nitrogen and oxygen atoms in total. The summed E-state index contributed by atoms with van der Waals surface area (Å²) in [7, 11) is 0. The van der Waals surface area contributed by atoms with Crippen molar-refractivity contribution in [1.29, 1.82) is 0 Å². The molecule has 1 N–H and O–H groups in total. The van der Waals surface area contributed by atoms with Crippen LogP contribution in [0.3, 0.4) is 0 Å². The highest BCUT2D eigenvalue weighted by molar-refractivity contribution is 6.03. The van der Waals surface area contributed by atoms with Gasteiger partial charge in [-0.2, -0.15) is 0 Å². The molecule has 0 unspecified atom stereocenters. The van der Waals surface area contributed by atoms with Crippen molar-refractivity contribution in [3.05, 3.63) is 76.9 Å². The number of amides is 2. The lowest BCUT2D eigenvalue weighted by atomic mass is 10.0. The molecule has 0 radical (unpaired) electrons. The number of benzene rings is 1. The molecular formula is C24H26N6O2. The zero-order valence-corrected chi connectivity index (χ0v) is 18.5. The fourth-order valence-corrected chi connectivity index (χ4v) is 3.87. The summed E-state index contributed by atoms with van der Waals surface area (Å²) < 4.78 is 0. The number of piperazine rings is 1. The van der Waals surface area contributed by atoms with Crippen molar-refractivity contribution in [3.63, 3.8) is 0 Å². The van der Waals surface area contributed by atoms with Gasteiger partial charge in [0.2, 0.25) is 0 Å². The Balaban J connectivity index is 1.45. The fourth-order valence-electron chi connectivity index (χ4n) is 3.87. The highest BCUT2D eigenvalue weighted by Crippen LogP contribution is 2.20. The van der Waals surface area contributed by atoms with Crippen LogP contribution in [0.1, 0.15) is 37.7 Å². The molecule has 0 spiro atoms. The first-order valence-electron chi connectivity index (χ1n) is 10.6. The average molecular weight is 431 g/mol. The summed E-state index contributed by atoms with van der Waals surface area (Å²) in [6, 6.07) is 11.2. The highest BCUT2D eigenvalue weighted by Gasteiger charge is 2.25. The van der Waals surface area contributed by atoms with Crippen molar-refractivity contribution in [2.24, 2.45) is 0 Å². The molecule has 0 aliphatic carbocycles. The first kappa shape index (κ1) is 21.4. The van der Waals surface area contributed by atoms with Gasteiger partial charge in [0.25, 0.3) is 11.8 Å². The molecule has 1 saturated heterocycles. The van der Waals surface area contributed by atoms with Gasteiger partial charge in [0.05, 0.1) is 11.9 Å². The summed E-state index contributed by atoms with van der Waals surface area (Å²) in [5.74, 6) is 0.800. The molecule has 8 heteroatoms. The van der Waals surface area contributed by atoms with E-state index in [-0.39, 0.29) is 17.5 Å². The van der Waals surface area contributed by atoms with E-state index >= 15 is 0 Å². The third-order valence-electron chi connectivity index (χ3n) is 5.65. The normalized spacial score (nSPS) is 13.7. The number of anilines is 2. The number of nitrogens with one attached hydrogen (secondary N) is 1. The Morgan fingerprint density at radius 3 is 2.28 bits per heavy atom. The van der Waals surface area contributed by atoms with E-state index in [4.69, 9.17) is 0 Å². The molecule has 1 aliphatic heterocycles. The smallest absolute Gasteiger partial charge is 0.277 e. The van der Waals surface area contributed by atoms with Crippen LogP contribution in [-0.2, 0) is 0 Å². The maximum absolute atomic E-state index is 13.1. The number of pyridine rings is 1. The molecule has 32 heavy (non-hydrogen) atoms. The monoisotopic (exact) mass is 430 g/mol. The quantitative estimate of drug-likeness (QED) is 0.684. The van der Waals surface area contributed by atoms with Gasteiger partial charge in [0.15, 0.2) is 5.69 Å². The zero-order valence-electron chi connectivity index (χ0n) is 18.5. The van der Waals surface area contributed by atoms with Crippen LogP contribution >= 0.6 is 0 Å². The Bertz CT molecular complexity index is 1120. The minimum atomic E-state index is -0.348. The molecule has 1 aliphatic rings. The Kier molecular flexibility index (Phi) is 6.11. The van der Waals surface area contributed by atoms with E-state index in [2.05, 4.69) is 25.2 Å². The minimum absolute atomic E-state index is 0.0608. The predicted octanol–water partition coefficient (Wildman–Crippen LogP) is 3.01. The summed E-state index contributed by atoms with van der Waals surface area (Å²) in [6.45, 7) is 8.09. The molecule has 4 rings (SSSR count). The zero-order chi connectivity index (χ0) is 22.7. The van der Waals surface area contributed by atoms with E-state index in [1.807, 2.05) is 36.9 Å². The summed E-state index contributed by atoms with van der Waals surface area (Å²) in [5.41, 5.74) is 3.58. The van der Waals surface area contributed by atoms with Crippen LogP contribution in [-0.4, -0.2) is 57.8 Å². The van der Waals surface area contributed by atoms with E-state index in [0.29, 0.717) is 43.5 Å². The van der Waals surface area contributed by atoms with Gasteiger partial charge in [-0.25, -0.2) is 9.97 Å². The summed E-state index contributed by atoms with van der Waals surface area (Å²) in [6.07, 6.45) is 3.29. The third kappa shape index (κ3) is 4.44. The van der Waals surface area contributed by atoms with Gasteiger partial charge in [0, 0.05) is 37.9 Å². The van der Waals surface area contributed by atoms with E-state index < -0.39 is 0 Å². The second-order valence-corrected chi connectivity index (χ2v) is 7.88. The van der Waals surface area contributed by atoms with Gasteiger partial charge in [-0.1, -0.05) is 24.3 Å². The molecule has 3 aromatic rings. The van der Waals surface area contributed by atoms with Crippen molar-refractivity contribution in [3.8, 4) is 0 Å². The molecule has 2 amide bonds. The standard InChI is InChI=1S/C24H26N6O2/c1-16-7-6-8-17(2)21(16)24(32)30-13-11-29(12-14-30)20-15-26-18(3)22(28-20)23(31)27-19-9-4-5-10-25-19/h4-10,15H,11-14H2,1-3H3,(H,25,27,31). The Hall–Kier alpha value is -3.81. The SMILES string of the molecule is Cc1cccc(C)c1C(=O)N1CCN(c2cnc(C)c(C(=O)Nc3ccccn3)n2)CC1. The van der Waals surface area contributed by atoms with E-state index in [1.165, 1.54) is 0 Å². The van der Waals surface area contributed by atoms with Crippen molar-refractivity contribution < 1.29 is 9.59 Å². The Morgan fingerprint density at radius 1 is 0.906 bits per heavy atom. The van der Waals surface area contributed by atoms with Gasteiger partial charge in [-0.15, -0.1) is 0 Å². The summed E-state index contributed by atoms with van der Waals surface area (Å²) in [4.78, 5) is 42.8. The van der Waals surface area contributed by atoms with Crippen molar-refractivity contribution in [1.82, 2.24) is 19.9 Å². The number of carbonyl (C=O) groups excluding carboxylic acids is 2. The number of carbonyl (C=O) groups is 2. The van der Waals surface area contributed by atoms with Crippen LogP contribution < -0.4 is 10.2 Å².